The van der Waals surface area contributed by atoms with Crippen LogP contribution >= 0.6 is 11.6 Å². The zero-order valence-electron chi connectivity index (χ0n) is 16.7. The number of amides is 2. The Kier molecular flexibility index (Phi) is 7.20. The van der Waals surface area contributed by atoms with Gasteiger partial charge in [0.05, 0.1) is 24.5 Å². The maximum atomic E-state index is 13.4. The van der Waals surface area contributed by atoms with Gasteiger partial charge in [-0.2, -0.15) is 0 Å². The lowest BCUT2D eigenvalue weighted by Crippen LogP contribution is -2.37. The molecule has 0 atom stereocenters. The molecule has 158 valence electrons. The quantitative estimate of drug-likeness (QED) is 0.569. The smallest absolute Gasteiger partial charge is 0.282 e. The molecule has 1 aliphatic heterocycles. The van der Waals surface area contributed by atoms with Crippen LogP contribution in [0.1, 0.15) is 5.56 Å². The molecular formula is C22H22ClFN2O4. The Hall–Kier alpha value is -2.74. The lowest BCUT2D eigenvalue weighted by molar-refractivity contribution is -0.120. The van der Waals surface area contributed by atoms with Crippen molar-refractivity contribution in [2.45, 2.75) is 0 Å². The predicted octanol–water partition coefficient (Wildman–Crippen LogP) is 3.36. The van der Waals surface area contributed by atoms with Crippen molar-refractivity contribution in [3.63, 3.8) is 0 Å². The maximum absolute atomic E-state index is 13.4. The summed E-state index contributed by atoms with van der Waals surface area (Å²) in [5, 5.41) is 0.517. The minimum atomic E-state index is -0.483. The molecule has 0 bridgehead atoms. The fourth-order valence-electron chi connectivity index (χ4n) is 3.25. The molecule has 8 heteroatoms. The first-order valence-corrected chi connectivity index (χ1v) is 9.73. The van der Waals surface area contributed by atoms with Gasteiger partial charge < -0.3 is 14.4 Å². The van der Waals surface area contributed by atoms with Crippen LogP contribution in [0.5, 0.6) is 0 Å². The van der Waals surface area contributed by atoms with Crippen molar-refractivity contribution in [2.24, 2.45) is 0 Å². The van der Waals surface area contributed by atoms with E-state index in [9.17, 15) is 14.0 Å². The molecule has 30 heavy (non-hydrogen) atoms. The van der Waals surface area contributed by atoms with E-state index < -0.39 is 17.6 Å². The first kappa shape index (κ1) is 22.0. The average Bonchev–Trinajstić information content (AvgIpc) is 3.00. The van der Waals surface area contributed by atoms with Gasteiger partial charge in [-0.3, -0.25) is 9.59 Å². The van der Waals surface area contributed by atoms with Crippen LogP contribution in [-0.4, -0.2) is 57.2 Å². The molecule has 1 aliphatic rings. The Morgan fingerprint density at radius 2 is 1.47 bits per heavy atom. The highest BCUT2D eigenvalue weighted by Crippen LogP contribution is 2.35. The number of methoxy groups -OCH3 is 2. The highest BCUT2D eigenvalue weighted by Gasteiger charge is 2.42. The molecule has 0 radical (unpaired) electrons. The van der Waals surface area contributed by atoms with Crippen LogP contribution in [0.15, 0.2) is 54.2 Å². The Labute approximate surface area is 179 Å². The van der Waals surface area contributed by atoms with Crippen molar-refractivity contribution < 1.29 is 23.5 Å². The molecule has 0 unspecified atom stereocenters. The molecule has 0 spiro atoms. The molecule has 0 fully saturated rings. The monoisotopic (exact) mass is 432 g/mol. The van der Waals surface area contributed by atoms with E-state index >= 15 is 0 Å². The average molecular weight is 433 g/mol. The highest BCUT2D eigenvalue weighted by atomic mass is 35.5. The number of ether oxygens (including phenoxy) is 2. The van der Waals surface area contributed by atoms with Crippen LogP contribution in [-0.2, 0) is 19.1 Å². The Balaban J connectivity index is 2.11. The number of carbonyl (C=O) groups is 2. The van der Waals surface area contributed by atoms with Crippen LogP contribution in [0.25, 0.3) is 5.57 Å². The van der Waals surface area contributed by atoms with Gasteiger partial charge in [0.1, 0.15) is 11.5 Å². The summed E-state index contributed by atoms with van der Waals surface area (Å²) in [6.07, 6.45) is 0. The molecule has 2 aromatic carbocycles. The zero-order chi connectivity index (χ0) is 21.7. The number of benzene rings is 2. The molecule has 0 aromatic heterocycles. The van der Waals surface area contributed by atoms with E-state index in [0.29, 0.717) is 42.6 Å². The molecule has 0 saturated carbocycles. The van der Waals surface area contributed by atoms with Crippen LogP contribution in [0.4, 0.5) is 10.1 Å². The molecule has 0 saturated heterocycles. The van der Waals surface area contributed by atoms with E-state index in [1.165, 1.54) is 24.3 Å². The minimum Gasteiger partial charge on any atom is -0.383 e. The second-order valence-electron chi connectivity index (χ2n) is 6.63. The van der Waals surface area contributed by atoms with Gasteiger partial charge in [-0.05, 0) is 42.0 Å². The molecule has 0 N–H and O–H groups in total. The summed E-state index contributed by atoms with van der Waals surface area (Å²) >= 11 is 6.00. The summed E-state index contributed by atoms with van der Waals surface area (Å²) in [6, 6.07) is 11.9. The summed E-state index contributed by atoms with van der Waals surface area (Å²) < 4.78 is 23.7. The topological polar surface area (TPSA) is 59.1 Å². The van der Waals surface area contributed by atoms with Gasteiger partial charge >= 0.3 is 0 Å². The van der Waals surface area contributed by atoms with E-state index in [-0.39, 0.29) is 11.3 Å². The Bertz CT molecular complexity index is 937. The number of anilines is 1. The van der Waals surface area contributed by atoms with E-state index in [2.05, 4.69) is 0 Å². The van der Waals surface area contributed by atoms with Crippen LogP contribution in [0.2, 0.25) is 5.02 Å². The summed E-state index contributed by atoms with van der Waals surface area (Å²) in [7, 11) is 3.13. The van der Waals surface area contributed by atoms with Gasteiger partial charge in [-0.1, -0.05) is 23.7 Å². The summed E-state index contributed by atoms with van der Waals surface area (Å²) in [4.78, 5) is 29.6. The summed E-state index contributed by atoms with van der Waals surface area (Å²) in [6.45, 7) is 1.50. The number of hydrogen-bond donors (Lipinski definition) is 0. The molecule has 2 amide bonds. The lowest BCUT2D eigenvalue weighted by Gasteiger charge is -2.25. The van der Waals surface area contributed by atoms with Crippen LogP contribution in [0, 0.1) is 5.82 Å². The minimum absolute atomic E-state index is 0.251. The number of carbonyl (C=O) groups excluding carboxylic acids is 2. The lowest BCUT2D eigenvalue weighted by atomic mass is 10.0. The van der Waals surface area contributed by atoms with Gasteiger partial charge in [0.15, 0.2) is 0 Å². The van der Waals surface area contributed by atoms with Crippen molar-refractivity contribution in [3.05, 3.63) is 70.6 Å². The molecule has 6 nitrogen and oxygen atoms in total. The third-order valence-electron chi connectivity index (χ3n) is 4.72. The number of imide groups is 1. The van der Waals surface area contributed by atoms with Crippen molar-refractivity contribution in [1.29, 1.82) is 0 Å². The van der Waals surface area contributed by atoms with Crippen LogP contribution in [0.3, 0.4) is 0 Å². The van der Waals surface area contributed by atoms with Gasteiger partial charge in [-0.15, -0.1) is 0 Å². The van der Waals surface area contributed by atoms with E-state index in [0.717, 1.165) is 4.90 Å². The van der Waals surface area contributed by atoms with E-state index in [1.807, 2.05) is 0 Å². The Morgan fingerprint density at radius 3 is 2.00 bits per heavy atom. The van der Waals surface area contributed by atoms with Gasteiger partial charge in [0.25, 0.3) is 11.8 Å². The second kappa shape index (κ2) is 9.84. The van der Waals surface area contributed by atoms with Crippen molar-refractivity contribution in [1.82, 2.24) is 4.90 Å². The zero-order valence-corrected chi connectivity index (χ0v) is 17.5. The maximum Gasteiger partial charge on any atom is 0.282 e. The second-order valence-corrected chi connectivity index (χ2v) is 7.06. The van der Waals surface area contributed by atoms with E-state index in [4.69, 9.17) is 21.1 Å². The molecule has 0 aliphatic carbocycles. The number of hydrogen-bond acceptors (Lipinski definition) is 5. The first-order chi connectivity index (χ1) is 14.5. The van der Waals surface area contributed by atoms with Gasteiger partial charge in [0, 0.05) is 32.3 Å². The molecule has 1 heterocycles. The van der Waals surface area contributed by atoms with Crippen molar-refractivity contribution in [2.75, 3.05) is 45.4 Å². The standard InChI is InChI=1S/C22H22ClFN2O4/c1-29-13-11-25(12-14-30-2)20-19(15-3-5-16(23)6-4-15)21(27)26(22(20)28)18-9-7-17(24)8-10-18/h3-10H,11-14H2,1-2H3. The SMILES string of the molecule is COCCN(CCOC)C1=C(c2ccc(Cl)cc2)C(=O)N(c2ccc(F)cc2)C1=O. The summed E-state index contributed by atoms with van der Waals surface area (Å²) in [5.74, 6) is -1.42. The highest BCUT2D eigenvalue weighted by molar-refractivity contribution is 6.45. The van der Waals surface area contributed by atoms with Crippen molar-refractivity contribution in [3.8, 4) is 0 Å². The third kappa shape index (κ3) is 4.53. The largest absolute Gasteiger partial charge is 0.383 e. The van der Waals surface area contributed by atoms with Crippen molar-refractivity contribution >= 4 is 34.7 Å². The molecule has 2 aromatic rings. The molecule has 3 rings (SSSR count). The number of rotatable bonds is 9. The van der Waals surface area contributed by atoms with E-state index in [1.54, 1.807) is 43.4 Å². The van der Waals surface area contributed by atoms with Crippen LogP contribution < -0.4 is 4.90 Å². The number of halogens is 2. The fraction of sp³-hybridized carbons (Fsp3) is 0.273. The van der Waals surface area contributed by atoms with Gasteiger partial charge in [-0.25, -0.2) is 9.29 Å². The normalized spacial score (nSPS) is 14.1. The fourth-order valence-corrected chi connectivity index (χ4v) is 3.38. The Morgan fingerprint density at radius 1 is 0.900 bits per heavy atom. The third-order valence-corrected chi connectivity index (χ3v) is 4.98. The first-order valence-electron chi connectivity index (χ1n) is 9.35. The summed E-state index contributed by atoms with van der Waals surface area (Å²) in [5.41, 5.74) is 1.37. The van der Waals surface area contributed by atoms with Gasteiger partial charge in [0.2, 0.25) is 0 Å². The number of nitrogens with zero attached hydrogens (tertiary/aromatic N) is 2. The molecular weight excluding hydrogens is 411 g/mol. The predicted molar refractivity (Wildman–Crippen MR) is 113 cm³/mol.